The van der Waals surface area contributed by atoms with E-state index < -0.39 is 0 Å². The highest BCUT2D eigenvalue weighted by Gasteiger charge is 2.10. The summed E-state index contributed by atoms with van der Waals surface area (Å²) in [5.74, 6) is 0. The van der Waals surface area contributed by atoms with E-state index in [1.54, 1.807) is 0 Å². The van der Waals surface area contributed by atoms with Gasteiger partial charge in [0.05, 0.1) is 6.07 Å². The van der Waals surface area contributed by atoms with Crippen LogP contribution in [-0.4, -0.2) is 6.54 Å². The summed E-state index contributed by atoms with van der Waals surface area (Å²) in [5, 5.41) is 14.6. The summed E-state index contributed by atoms with van der Waals surface area (Å²) in [6, 6.07) is 25.0. The van der Waals surface area contributed by atoms with Gasteiger partial charge < -0.3 is 9.73 Å². The van der Waals surface area contributed by atoms with Gasteiger partial charge in [-0.3, -0.25) is 0 Å². The number of benzene rings is 3. The molecule has 3 aromatic carbocycles. The summed E-state index contributed by atoms with van der Waals surface area (Å²) in [4.78, 5) is 0. The van der Waals surface area contributed by atoms with Gasteiger partial charge in [0.2, 0.25) is 0 Å². The molecule has 0 spiro atoms. The highest BCUT2D eigenvalue weighted by molar-refractivity contribution is 6.06. The molecular formula is C24H16N2O. The highest BCUT2D eigenvalue weighted by Crippen LogP contribution is 2.33. The average molecular weight is 348 g/mol. The minimum absolute atomic E-state index is 0.587. The second-order valence-corrected chi connectivity index (χ2v) is 6.65. The van der Waals surface area contributed by atoms with Crippen molar-refractivity contribution in [3.63, 3.8) is 0 Å². The lowest BCUT2D eigenvalue weighted by molar-refractivity contribution is 0.669. The van der Waals surface area contributed by atoms with Crippen LogP contribution in [0.1, 0.15) is 5.56 Å². The Hall–Kier alpha value is -3.77. The van der Waals surface area contributed by atoms with Gasteiger partial charge in [-0.1, -0.05) is 42.5 Å². The molecule has 128 valence electrons. The number of nitrogens with one attached hydrogen (secondary N) is 1. The minimum atomic E-state index is 0.587. The molecule has 0 saturated heterocycles. The van der Waals surface area contributed by atoms with Crippen molar-refractivity contribution in [3.8, 4) is 17.2 Å². The topological polar surface area (TPSA) is 49.0 Å². The maximum absolute atomic E-state index is 9.16. The Morgan fingerprint density at radius 1 is 0.815 bits per heavy atom. The van der Waals surface area contributed by atoms with Crippen molar-refractivity contribution in [1.82, 2.24) is 5.32 Å². The van der Waals surface area contributed by atoms with E-state index in [1.807, 2.05) is 36.5 Å². The number of para-hydroxylation sites is 1. The summed E-state index contributed by atoms with van der Waals surface area (Å²) >= 11 is 0. The minimum Gasteiger partial charge on any atom is -0.456 e. The van der Waals surface area contributed by atoms with Crippen LogP contribution in [0.4, 0.5) is 0 Å². The van der Waals surface area contributed by atoms with Crippen LogP contribution in [-0.2, 0) is 0 Å². The first-order valence-corrected chi connectivity index (χ1v) is 8.88. The zero-order valence-electron chi connectivity index (χ0n) is 14.6. The fraction of sp³-hybridized carbons (Fsp3) is 0.0417. The van der Waals surface area contributed by atoms with E-state index in [-0.39, 0.29) is 0 Å². The van der Waals surface area contributed by atoms with Gasteiger partial charge >= 0.3 is 0 Å². The number of nitriles is 1. The quantitative estimate of drug-likeness (QED) is 0.509. The van der Waals surface area contributed by atoms with Crippen molar-refractivity contribution < 1.29 is 4.42 Å². The van der Waals surface area contributed by atoms with Crippen LogP contribution >= 0.6 is 0 Å². The Bertz CT molecular complexity index is 1280. The molecule has 1 aromatic heterocycles. The van der Waals surface area contributed by atoms with Gasteiger partial charge in [0, 0.05) is 29.1 Å². The van der Waals surface area contributed by atoms with E-state index >= 15 is 0 Å². The third-order valence-corrected chi connectivity index (χ3v) is 4.93. The molecule has 4 aromatic rings. The van der Waals surface area contributed by atoms with Crippen LogP contribution in [0.25, 0.3) is 38.6 Å². The Kier molecular flexibility index (Phi) is 3.55. The summed E-state index contributed by atoms with van der Waals surface area (Å²) in [7, 11) is 0. The van der Waals surface area contributed by atoms with Gasteiger partial charge in [-0.25, -0.2) is 0 Å². The number of allylic oxidation sites excluding steroid dienone is 2. The Labute approximate surface area is 156 Å². The Morgan fingerprint density at radius 2 is 1.63 bits per heavy atom. The van der Waals surface area contributed by atoms with E-state index in [0.29, 0.717) is 6.54 Å². The van der Waals surface area contributed by atoms with Gasteiger partial charge in [-0.05, 0) is 52.6 Å². The lowest BCUT2D eigenvalue weighted by Gasteiger charge is -2.12. The first-order valence-electron chi connectivity index (χ1n) is 8.88. The third kappa shape index (κ3) is 2.68. The molecule has 27 heavy (non-hydrogen) atoms. The molecule has 0 atom stereocenters. The van der Waals surface area contributed by atoms with Crippen LogP contribution < -0.4 is 5.32 Å². The van der Waals surface area contributed by atoms with Gasteiger partial charge in [0.25, 0.3) is 0 Å². The molecule has 5 rings (SSSR count). The SMILES string of the molecule is N#CC1=CC(c2cccc(-c3ccc4oc5ccccc5c4c3)c2)=CNC1. The highest BCUT2D eigenvalue weighted by atomic mass is 16.3. The third-order valence-electron chi connectivity index (χ3n) is 4.93. The monoisotopic (exact) mass is 348 g/mol. The molecule has 0 amide bonds. The zero-order valence-corrected chi connectivity index (χ0v) is 14.6. The fourth-order valence-electron chi connectivity index (χ4n) is 3.57. The molecule has 3 nitrogen and oxygen atoms in total. The number of dihydropyridines is 1. The lowest BCUT2D eigenvalue weighted by atomic mass is 9.96. The lowest BCUT2D eigenvalue weighted by Crippen LogP contribution is -2.13. The standard InChI is InChI=1S/C24H16N2O/c25-13-16-10-20(15-26-14-16)18-5-3-4-17(11-18)19-8-9-24-22(12-19)21-6-1-2-7-23(21)27-24/h1-12,15,26H,14H2. The molecule has 3 heteroatoms. The normalized spacial score (nSPS) is 13.7. The number of hydrogen-bond donors (Lipinski definition) is 1. The number of hydrogen-bond acceptors (Lipinski definition) is 3. The van der Waals surface area contributed by atoms with Crippen molar-refractivity contribution in [2.75, 3.05) is 6.54 Å². The molecule has 1 N–H and O–H groups in total. The number of rotatable bonds is 2. The maximum atomic E-state index is 9.16. The van der Waals surface area contributed by atoms with E-state index in [2.05, 4.69) is 53.9 Å². The summed E-state index contributed by atoms with van der Waals surface area (Å²) in [5.41, 5.74) is 6.94. The second kappa shape index (κ2) is 6.19. The summed E-state index contributed by atoms with van der Waals surface area (Å²) in [6.45, 7) is 0.587. The Morgan fingerprint density at radius 3 is 2.56 bits per heavy atom. The number of furan rings is 1. The average Bonchev–Trinajstić information content (AvgIpc) is 3.12. The zero-order chi connectivity index (χ0) is 18.2. The van der Waals surface area contributed by atoms with Crippen LogP contribution in [0.3, 0.4) is 0 Å². The number of fused-ring (bicyclic) bond motifs is 3. The number of nitrogens with zero attached hydrogens (tertiary/aromatic N) is 1. The Balaban J connectivity index is 1.61. The molecule has 0 unspecified atom stereocenters. The summed E-state index contributed by atoms with van der Waals surface area (Å²) < 4.78 is 5.93. The van der Waals surface area contributed by atoms with Crippen molar-refractivity contribution in [2.45, 2.75) is 0 Å². The second-order valence-electron chi connectivity index (χ2n) is 6.65. The van der Waals surface area contributed by atoms with E-state index in [0.717, 1.165) is 49.8 Å². The van der Waals surface area contributed by atoms with E-state index in [1.165, 1.54) is 0 Å². The molecule has 1 aliphatic rings. The van der Waals surface area contributed by atoms with Gasteiger partial charge in [-0.15, -0.1) is 0 Å². The van der Waals surface area contributed by atoms with Crippen molar-refractivity contribution >= 4 is 27.5 Å². The first kappa shape index (κ1) is 15.5. The van der Waals surface area contributed by atoms with Crippen LogP contribution in [0.2, 0.25) is 0 Å². The van der Waals surface area contributed by atoms with Crippen molar-refractivity contribution in [2.24, 2.45) is 0 Å². The predicted octanol–water partition coefficient (Wildman–Crippen LogP) is 5.65. The fourth-order valence-corrected chi connectivity index (χ4v) is 3.57. The molecule has 0 saturated carbocycles. The molecule has 0 radical (unpaired) electrons. The molecule has 0 bridgehead atoms. The van der Waals surface area contributed by atoms with Crippen molar-refractivity contribution in [1.29, 1.82) is 5.26 Å². The maximum Gasteiger partial charge on any atom is 0.135 e. The van der Waals surface area contributed by atoms with Gasteiger partial charge in [0.15, 0.2) is 0 Å². The molecular weight excluding hydrogens is 332 g/mol. The molecule has 1 aliphatic heterocycles. The van der Waals surface area contributed by atoms with Crippen LogP contribution in [0.15, 0.2) is 89.0 Å². The van der Waals surface area contributed by atoms with Gasteiger partial charge in [0.1, 0.15) is 11.2 Å². The van der Waals surface area contributed by atoms with Crippen LogP contribution in [0, 0.1) is 11.3 Å². The molecule has 0 fully saturated rings. The first-order chi connectivity index (χ1) is 13.3. The van der Waals surface area contributed by atoms with Crippen LogP contribution in [0.5, 0.6) is 0 Å². The molecule has 2 heterocycles. The van der Waals surface area contributed by atoms with Gasteiger partial charge in [-0.2, -0.15) is 5.26 Å². The van der Waals surface area contributed by atoms with E-state index in [4.69, 9.17) is 9.68 Å². The molecule has 0 aliphatic carbocycles. The smallest absolute Gasteiger partial charge is 0.135 e. The largest absolute Gasteiger partial charge is 0.456 e. The van der Waals surface area contributed by atoms with Crippen molar-refractivity contribution in [3.05, 3.63) is 90.1 Å². The van der Waals surface area contributed by atoms with E-state index in [9.17, 15) is 0 Å². The predicted molar refractivity (Wildman–Crippen MR) is 109 cm³/mol. The summed E-state index contributed by atoms with van der Waals surface area (Å²) in [6.07, 6.45) is 3.91.